The Labute approximate surface area is 86.6 Å². The van der Waals surface area contributed by atoms with Gasteiger partial charge in [-0.15, -0.1) is 0 Å². The van der Waals surface area contributed by atoms with Gasteiger partial charge in [0, 0.05) is 1.43 Å². The molecule has 0 radical (unpaired) electrons. The van der Waals surface area contributed by atoms with Crippen LogP contribution in [0.4, 0.5) is 0 Å². The first-order valence-electron chi connectivity index (χ1n) is 5.89. The topological polar surface area (TPSA) is 26.0 Å². The maximum absolute atomic E-state index is 5.37. The SMILES string of the molecule is CC(C)CCCCCCN.CCC.[HH]. The van der Waals surface area contributed by atoms with E-state index in [9.17, 15) is 0 Å². The molecule has 0 aliphatic heterocycles. The van der Waals surface area contributed by atoms with Crippen molar-refractivity contribution in [1.29, 1.82) is 0 Å². The summed E-state index contributed by atoms with van der Waals surface area (Å²) in [6.45, 7) is 9.67. The molecule has 0 saturated heterocycles. The number of hydrogen-bond donors (Lipinski definition) is 1. The highest BCUT2D eigenvalue weighted by molar-refractivity contribution is 4.47. The molecule has 0 spiro atoms. The Kier molecular flexibility index (Phi) is 17.2. The largest absolute Gasteiger partial charge is 0.330 e. The lowest BCUT2D eigenvalue weighted by atomic mass is 10.0. The van der Waals surface area contributed by atoms with E-state index in [1.807, 2.05) is 0 Å². The smallest absolute Gasteiger partial charge is 0 e. The van der Waals surface area contributed by atoms with Gasteiger partial charge in [-0.25, -0.2) is 0 Å². The zero-order valence-corrected chi connectivity index (χ0v) is 10.1. The normalized spacial score (nSPS) is 9.69. The highest BCUT2D eigenvalue weighted by Crippen LogP contribution is 2.08. The van der Waals surface area contributed by atoms with E-state index in [0.29, 0.717) is 0 Å². The zero-order valence-electron chi connectivity index (χ0n) is 10.1. The molecule has 13 heavy (non-hydrogen) atoms. The molecule has 0 amide bonds. The van der Waals surface area contributed by atoms with Crippen molar-refractivity contribution in [3.63, 3.8) is 0 Å². The molecule has 2 N–H and O–H groups in total. The van der Waals surface area contributed by atoms with Crippen LogP contribution in [-0.4, -0.2) is 6.54 Å². The summed E-state index contributed by atoms with van der Waals surface area (Å²) in [5, 5.41) is 0. The van der Waals surface area contributed by atoms with E-state index in [0.717, 1.165) is 12.5 Å². The van der Waals surface area contributed by atoms with Crippen LogP contribution < -0.4 is 5.73 Å². The summed E-state index contributed by atoms with van der Waals surface area (Å²) >= 11 is 0. The molecule has 0 unspecified atom stereocenters. The van der Waals surface area contributed by atoms with E-state index in [1.165, 1.54) is 38.5 Å². The molecule has 0 aromatic carbocycles. The van der Waals surface area contributed by atoms with Crippen LogP contribution in [0, 0.1) is 5.92 Å². The fraction of sp³-hybridized carbons (Fsp3) is 1.00. The fourth-order valence-electron chi connectivity index (χ4n) is 1.05. The summed E-state index contributed by atoms with van der Waals surface area (Å²) in [5.74, 6) is 0.873. The highest BCUT2D eigenvalue weighted by Gasteiger charge is 1.92. The molecule has 0 aromatic rings. The van der Waals surface area contributed by atoms with Crippen molar-refractivity contribution in [2.24, 2.45) is 11.7 Å². The third kappa shape index (κ3) is 24.5. The third-order valence-electron chi connectivity index (χ3n) is 1.74. The Hall–Kier alpha value is -0.0400. The van der Waals surface area contributed by atoms with Crippen LogP contribution in [0.5, 0.6) is 0 Å². The first-order valence-corrected chi connectivity index (χ1v) is 5.89. The van der Waals surface area contributed by atoms with Gasteiger partial charge in [0.05, 0.1) is 0 Å². The number of unbranched alkanes of at least 4 members (excludes halogenated alkanes) is 3. The van der Waals surface area contributed by atoms with Crippen molar-refractivity contribution in [2.75, 3.05) is 6.54 Å². The Morgan fingerprint density at radius 2 is 1.46 bits per heavy atom. The summed E-state index contributed by atoms with van der Waals surface area (Å²) in [7, 11) is 0. The molecule has 0 saturated carbocycles. The molecule has 0 rings (SSSR count). The maximum Gasteiger partial charge on any atom is 0 e. The summed E-state index contributed by atoms with van der Waals surface area (Å²) < 4.78 is 0. The number of rotatable bonds is 6. The molecular weight excluding hydrogens is 158 g/mol. The first kappa shape index (κ1) is 15.4. The van der Waals surface area contributed by atoms with Gasteiger partial charge in [0.15, 0.2) is 0 Å². The lowest BCUT2D eigenvalue weighted by molar-refractivity contribution is 0.521. The van der Waals surface area contributed by atoms with Crippen LogP contribution in [0.3, 0.4) is 0 Å². The second-order valence-electron chi connectivity index (χ2n) is 4.09. The van der Waals surface area contributed by atoms with Crippen molar-refractivity contribution in [2.45, 2.75) is 66.2 Å². The lowest BCUT2D eigenvalue weighted by Crippen LogP contribution is -1.97. The van der Waals surface area contributed by atoms with Gasteiger partial charge in [-0.1, -0.05) is 59.8 Å². The van der Waals surface area contributed by atoms with Crippen LogP contribution >= 0.6 is 0 Å². The highest BCUT2D eigenvalue weighted by atomic mass is 14.5. The van der Waals surface area contributed by atoms with Crippen LogP contribution in [0.2, 0.25) is 0 Å². The van der Waals surface area contributed by atoms with E-state index in [1.54, 1.807) is 0 Å². The summed E-state index contributed by atoms with van der Waals surface area (Å²) in [6, 6.07) is 0. The Morgan fingerprint density at radius 3 is 1.85 bits per heavy atom. The van der Waals surface area contributed by atoms with Crippen LogP contribution in [0.15, 0.2) is 0 Å². The van der Waals surface area contributed by atoms with E-state index in [2.05, 4.69) is 27.7 Å². The zero-order chi connectivity index (χ0) is 10.5. The van der Waals surface area contributed by atoms with E-state index in [4.69, 9.17) is 5.73 Å². The second-order valence-corrected chi connectivity index (χ2v) is 4.09. The molecule has 0 fully saturated rings. The Balaban J connectivity index is -0.000000267. The standard InChI is InChI=1S/C9H21N.C3H8.H2/c1-9(2)7-5-3-4-6-8-10;1-3-2;/h9H,3-8,10H2,1-2H3;3H2,1-2H3;1H. The van der Waals surface area contributed by atoms with Crippen molar-refractivity contribution in [1.82, 2.24) is 0 Å². The molecule has 0 aliphatic rings. The number of nitrogens with two attached hydrogens (primary N) is 1. The van der Waals surface area contributed by atoms with E-state index in [-0.39, 0.29) is 1.43 Å². The van der Waals surface area contributed by atoms with Crippen LogP contribution in [0.25, 0.3) is 0 Å². The molecule has 0 bridgehead atoms. The molecule has 0 heterocycles. The van der Waals surface area contributed by atoms with Gasteiger partial charge < -0.3 is 5.73 Å². The Morgan fingerprint density at radius 1 is 1.00 bits per heavy atom. The van der Waals surface area contributed by atoms with Crippen molar-refractivity contribution in [3.8, 4) is 0 Å². The minimum atomic E-state index is 0. The summed E-state index contributed by atoms with van der Waals surface area (Å²) in [4.78, 5) is 0. The molecule has 84 valence electrons. The number of hydrogen-bond acceptors (Lipinski definition) is 1. The van der Waals surface area contributed by atoms with Crippen LogP contribution in [0.1, 0.15) is 67.6 Å². The quantitative estimate of drug-likeness (QED) is 0.622. The monoisotopic (exact) mass is 189 g/mol. The van der Waals surface area contributed by atoms with Gasteiger partial charge in [0.1, 0.15) is 0 Å². The van der Waals surface area contributed by atoms with Gasteiger partial charge in [-0.2, -0.15) is 0 Å². The van der Waals surface area contributed by atoms with Gasteiger partial charge >= 0.3 is 0 Å². The van der Waals surface area contributed by atoms with Crippen LogP contribution in [-0.2, 0) is 0 Å². The van der Waals surface area contributed by atoms with E-state index >= 15 is 0 Å². The van der Waals surface area contributed by atoms with Gasteiger partial charge in [-0.05, 0) is 18.9 Å². The third-order valence-corrected chi connectivity index (χ3v) is 1.74. The average Bonchev–Trinajstić information content (AvgIpc) is 2.05. The molecule has 1 nitrogen and oxygen atoms in total. The van der Waals surface area contributed by atoms with E-state index < -0.39 is 0 Å². The van der Waals surface area contributed by atoms with Crippen molar-refractivity contribution in [3.05, 3.63) is 0 Å². The van der Waals surface area contributed by atoms with Gasteiger partial charge in [0.2, 0.25) is 0 Å². The van der Waals surface area contributed by atoms with Crippen molar-refractivity contribution < 1.29 is 1.43 Å². The molecule has 0 aromatic heterocycles. The molecule has 0 aliphatic carbocycles. The molecule has 0 atom stereocenters. The summed E-state index contributed by atoms with van der Waals surface area (Å²) in [5.41, 5.74) is 5.37. The molecular formula is C12H31N. The van der Waals surface area contributed by atoms with Gasteiger partial charge in [-0.3, -0.25) is 0 Å². The average molecular weight is 189 g/mol. The minimum absolute atomic E-state index is 0. The second kappa shape index (κ2) is 14.5. The minimum Gasteiger partial charge on any atom is -0.330 e. The summed E-state index contributed by atoms with van der Waals surface area (Å²) in [6.07, 6.45) is 7.92. The lowest BCUT2D eigenvalue weighted by Gasteiger charge is -2.02. The van der Waals surface area contributed by atoms with Gasteiger partial charge in [0.25, 0.3) is 0 Å². The first-order chi connectivity index (χ1) is 6.18. The van der Waals surface area contributed by atoms with Crippen molar-refractivity contribution >= 4 is 0 Å². The Bertz CT molecular complexity index is 74.7. The maximum atomic E-state index is 5.37. The predicted molar refractivity (Wildman–Crippen MR) is 65.1 cm³/mol. The fourth-order valence-corrected chi connectivity index (χ4v) is 1.05. The predicted octanol–water partition coefficient (Wildman–Crippen LogP) is 4.21. The molecule has 1 heteroatoms.